The number of nitrogens with zero attached hydrogens (tertiary/aromatic N) is 1. The SMILES string of the molecule is CC(C)(C)OC(=O)N[C@@H](Cc1ccccc1)[C@@H](O)CC(Cc1ccccc1)c1ncc(C(O)c2ccccc2)s1. The first-order valence-electron chi connectivity index (χ1n) is 13.6. The van der Waals surface area contributed by atoms with Gasteiger partial charge >= 0.3 is 6.09 Å². The maximum absolute atomic E-state index is 12.7. The zero-order valence-corrected chi connectivity index (χ0v) is 24.1. The Morgan fingerprint density at radius 2 is 1.43 bits per heavy atom. The second-order valence-corrected chi connectivity index (χ2v) is 12.1. The van der Waals surface area contributed by atoms with E-state index in [1.807, 2.05) is 99.6 Å². The zero-order chi connectivity index (χ0) is 28.5. The Kier molecular flexibility index (Phi) is 10.1. The van der Waals surface area contributed by atoms with E-state index in [0.717, 1.165) is 26.6 Å². The van der Waals surface area contributed by atoms with Crippen LogP contribution in [-0.2, 0) is 17.6 Å². The molecule has 0 spiro atoms. The summed E-state index contributed by atoms with van der Waals surface area (Å²) in [7, 11) is 0. The molecule has 7 heteroatoms. The van der Waals surface area contributed by atoms with Crippen molar-refractivity contribution in [1.82, 2.24) is 10.3 Å². The lowest BCUT2D eigenvalue weighted by molar-refractivity contribution is 0.0405. The largest absolute Gasteiger partial charge is 0.444 e. The third kappa shape index (κ3) is 8.74. The van der Waals surface area contributed by atoms with Crippen molar-refractivity contribution >= 4 is 17.4 Å². The number of carbonyl (C=O) groups is 1. The average molecular weight is 559 g/mol. The van der Waals surface area contributed by atoms with Gasteiger partial charge in [0.05, 0.1) is 22.0 Å². The number of hydrogen-bond acceptors (Lipinski definition) is 6. The number of nitrogens with one attached hydrogen (secondary N) is 1. The molecule has 6 nitrogen and oxygen atoms in total. The van der Waals surface area contributed by atoms with Gasteiger partial charge < -0.3 is 20.3 Å². The molecule has 1 amide bonds. The van der Waals surface area contributed by atoms with Crippen LogP contribution in [0, 0.1) is 0 Å². The third-order valence-corrected chi connectivity index (χ3v) is 7.80. The number of thiazole rings is 1. The van der Waals surface area contributed by atoms with E-state index in [1.54, 1.807) is 6.20 Å². The summed E-state index contributed by atoms with van der Waals surface area (Å²) < 4.78 is 5.51. The lowest BCUT2D eigenvalue weighted by Crippen LogP contribution is -2.47. The highest BCUT2D eigenvalue weighted by atomic mass is 32.1. The van der Waals surface area contributed by atoms with Gasteiger partial charge in [0.2, 0.25) is 0 Å². The van der Waals surface area contributed by atoms with E-state index in [2.05, 4.69) is 17.4 Å². The van der Waals surface area contributed by atoms with E-state index in [1.165, 1.54) is 11.3 Å². The topological polar surface area (TPSA) is 91.7 Å². The van der Waals surface area contributed by atoms with E-state index in [0.29, 0.717) is 19.3 Å². The molecule has 0 aliphatic heterocycles. The van der Waals surface area contributed by atoms with Crippen LogP contribution in [0.2, 0.25) is 0 Å². The number of alkyl carbamates (subject to hydrolysis) is 1. The van der Waals surface area contributed by atoms with Crippen LogP contribution >= 0.6 is 11.3 Å². The van der Waals surface area contributed by atoms with Crippen molar-refractivity contribution in [1.29, 1.82) is 0 Å². The van der Waals surface area contributed by atoms with E-state index in [4.69, 9.17) is 9.72 Å². The van der Waals surface area contributed by atoms with Gasteiger partial charge in [-0.1, -0.05) is 91.0 Å². The first kappa shape index (κ1) is 29.5. The van der Waals surface area contributed by atoms with Crippen LogP contribution in [0.25, 0.3) is 0 Å². The minimum Gasteiger partial charge on any atom is -0.444 e. The molecule has 4 rings (SSSR count). The summed E-state index contributed by atoms with van der Waals surface area (Å²) in [5.74, 6) is -0.127. The predicted octanol–water partition coefficient (Wildman–Crippen LogP) is 6.44. The molecule has 1 aromatic heterocycles. The highest BCUT2D eigenvalue weighted by Crippen LogP contribution is 2.34. The minimum atomic E-state index is -0.868. The summed E-state index contributed by atoms with van der Waals surface area (Å²) in [6.45, 7) is 5.44. The zero-order valence-electron chi connectivity index (χ0n) is 23.2. The van der Waals surface area contributed by atoms with Gasteiger partial charge in [0.15, 0.2) is 0 Å². The lowest BCUT2D eigenvalue weighted by atomic mass is 9.89. The smallest absolute Gasteiger partial charge is 0.407 e. The number of rotatable bonds is 11. The van der Waals surface area contributed by atoms with Crippen molar-refractivity contribution in [2.45, 2.75) is 69.8 Å². The van der Waals surface area contributed by atoms with Gasteiger partial charge in [-0.05, 0) is 56.7 Å². The number of aliphatic hydroxyl groups excluding tert-OH is 2. The standard InChI is InChI=1S/C33H38N2O4S/c1-33(2,3)39-32(38)35-27(20-24-15-9-5-10-16-24)28(36)21-26(19-23-13-7-4-8-14-23)31-34-22-29(40-31)30(37)25-17-11-6-12-18-25/h4-18,22,26-28,30,36-37H,19-21H2,1-3H3,(H,35,38)/t26?,27-,28-,30?/m0/s1. The normalized spacial score (nSPS) is 14.6. The number of amides is 1. The second kappa shape index (κ2) is 13.7. The predicted molar refractivity (Wildman–Crippen MR) is 159 cm³/mol. The van der Waals surface area contributed by atoms with Crippen molar-refractivity contribution in [2.75, 3.05) is 0 Å². The number of hydrogen-bond donors (Lipinski definition) is 3. The van der Waals surface area contributed by atoms with Crippen molar-refractivity contribution in [3.05, 3.63) is 124 Å². The monoisotopic (exact) mass is 558 g/mol. The molecule has 4 aromatic rings. The first-order chi connectivity index (χ1) is 19.2. The molecule has 40 heavy (non-hydrogen) atoms. The van der Waals surface area contributed by atoms with E-state index >= 15 is 0 Å². The van der Waals surface area contributed by atoms with Crippen LogP contribution in [0.5, 0.6) is 0 Å². The van der Waals surface area contributed by atoms with Gasteiger partial charge in [0.1, 0.15) is 11.7 Å². The first-order valence-corrected chi connectivity index (χ1v) is 14.4. The lowest BCUT2D eigenvalue weighted by Gasteiger charge is -2.29. The fourth-order valence-corrected chi connectivity index (χ4v) is 5.70. The molecule has 3 aromatic carbocycles. The molecular weight excluding hydrogens is 520 g/mol. The third-order valence-electron chi connectivity index (χ3n) is 6.59. The summed E-state index contributed by atoms with van der Waals surface area (Å²) in [6.07, 6.45) is 1.02. The fraction of sp³-hybridized carbons (Fsp3) is 0.333. The molecule has 0 bridgehead atoms. The molecule has 4 atom stereocenters. The maximum atomic E-state index is 12.7. The number of aliphatic hydroxyl groups is 2. The Morgan fingerprint density at radius 3 is 2.00 bits per heavy atom. The molecule has 0 aliphatic carbocycles. The van der Waals surface area contributed by atoms with E-state index in [9.17, 15) is 15.0 Å². The van der Waals surface area contributed by atoms with Crippen molar-refractivity contribution < 1.29 is 19.7 Å². The molecule has 210 valence electrons. The van der Waals surface area contributed by atoms with Crippen LogP contribution in [0.4, 0.5) is 4.79 Å². The fourth-order valence-electron chi connectivity index (χ4n) is 4.65. The van der Waals surface area contributed by atoms with Crippen molar-refractivity contribution in [2.24, 2.45) is 0 Å². The number of carbonyl (C=O) groups excluding carboxylic acids is 1. The maximum Gasteiger partial charge on any atom is 0.407 e. The van der Waals surface area contributed by atoms with Crippen LogP contribution in [-0.4, -0.2) is 39.0 Å². The quantitative estimate of drug-likeness (QED) is 0.197. The minimum absolute atomic E-state index is 0.127. The van der Waals surface area contributed by atoms with Gasteiger partial charge in [-0.15, -0.1) is 11.3 Å². The molecule has 0 saturated heterocycles. The van der Waals surface area contributed by atoms with Crippen molar-refractivity contribution in [3.8, 4) is 0 Å². The molecule has 0 aliphatic rings. The molecular formula is C33H38N2O4S. The Labute approximate surface area is 240 Å². The summed E-state index contributed by atoms with van der Waals surface area (Å²) >= 11 is 1.46. The highest BCUT2D eigenvalue weighted by Gasteiger charge is 2.29. The average Bonchev–Trinajstić information content (AvgIpc) is 3.43. The number of benzene rings is 3. The van der Waals surface area contributed by atoms with Gasteiger partial charge in [-0.3, -0.25) is 0 Å². The molecule has 3 N–H and O–H groups in total. The van der Waals surface area contributed by atoms with Crippen LogP contribution in [0.1, 0.15) is 65.8 Å². The van der Waals surface area contributed by atoms with Crippen molar-refractivity contribution in [3.63, 3.8) is 0 Å². The summed E-state index contributed by atoms with van der Waals surface area (Å²) in [5.41, 5.74) is 2.28. The molecule has 0 fully saturated rings. The molecule has 0 radical (unpaired) electrons. The molecule has 0 saturated carbocycles. The Morgan fingerprint density at radius 1 is 0.875 bits per heavy atom. The number of aromatic nitrogens is 1. The van der Waals surface area contributed by atoms with Crippen LogP contribution < -0.4 is 5.32 Å². The Hall–Kier alpha value is -3.52. The Bertz CT molecular complexity index is 1320. The highest BCUT2D eigenvalue weighted by molar-refractivity contribution is 7.11. The summed E-state index contributed by atoms with van der Waals surface area (Å²) in [4.78, 5) is 18.2. The number of ether oxygens (including phenoxy) is 1. The van der Waals surface area contributed by atoms with Gasteiger partial charge in [0.25, 0.3) is 0 Å². The second-order valence-electron chi connectivity index (χ2n) is 11.0. The van der Waals surface area contributed by atoms with Crippen LogP contribution in [0.15, 0.2) is 97.2 Å². The molecule has 2 unspecified atom stereocenters. The van der Waals surface area contributed by atoms with Gasteiger partial charge in [0, 0.05) is 12.1 Å². The van der Waals surface area contributed by atoms with Gasteiger partial charge in [-0.2, -0.15) is 0 Å². The summed E-state index contributed by atoms with van der Waals surface area (Å²) in [6, 6.07) is 28.8. The Balaban J connectivity index is 1.58. The van der Waals surface area contributed by atoms with Crippen LogP contribution in [0.3, 0.4) is 0 Å². The molecule has 1 heterocycles. The van der Waals surface area contributed by atoms with E-state index < -0.39 is 29.9 Å². The van der Waals surface area contributed by atoms with E-state index in [-0.39, 0.29) is 5.92 Å². The van der Waals surface area contributed by atoms with Gasteiger partial charge in [-0.25, -0.2) is 9.78 Å². The summed E-state index contributed by atoms with van der Waals surface area (Å²) in [5, 5.41) is 26.3.